The molecule has 1 amide bonds. The van der Waals surface area contributed by atoms with Gasteiger partial charge >= 0.3 is 5.97 Å². The molecule has 0 radical (unpaired) electrons. The molecule has 0 spiro atoms. The number of hydrogen-bond donors (Lipinski definition) is 1. The van der Waals surface area contributed by atoms with Crippen molar-refractivity contribution < 1.29 is 18.7 Å². The molecule has 2 heterocycles. The zero-order valence-electron chi connectivity index (χ0n) is 15.4. The summed E-state index contributed by atoms with van der Waals surface area (Å²) in [6.45, 7) is 2.86. The minimum Gasteiger partial charge on any atom is -0.449 e. The summed E-state index contributed by atoms with van der Waals surface area (Å²) >= 11 is 3.28. The van der Waals surface area contributed by atoms with Crippen LogP contribution in [0, 0.1) is 5.95 Å². The number of rotatable bonds is 3. The number of nitrogens with two attached hydrogens (primary N) is 1. The van der Waals surface area contributed by atoms with E-state index in [1.807, 2.05) is 0 Å². The number of halogens is 2. The summed E-state index contributed by atoms with van der Waals surface area (Å²) < 4.78 is 20.2. The number of benzene rings is 1. The number of pyridine rings is 1. The summed E-state index contributed by atoms with van der Waals surface area (Å²) in [6.07, 6.45) is 0.157. The quantitative estimate of drug-likeness (QED) is 0.574. The Bertz CT molecular complexity index is 997. The average Bonchev–Trinajstić information content (AvgIpc) is 2.65. The van der Waals surface area contributed by atoms with Crippen LogP contribution >= 0.6 is 15.9 Å². The maximum absolute atomic E-state index is 14.2. The first-order chi connectivity index (χ1) is 13.1. The lowest BCUT2D eigenvalue weighted by molar-refractivity contribution is -0.162. The molecule has 28 heavy (non-hydrogen) atoms. The van der Waals surface area contributed by atoms with Crippen LogP contribution in [0.25, 0.3) is 11.1 Å². The fourth-order valence-corrected chi connectivity index (χ4v) is 3.41. The molecule has 7 nitrogen and oxygen atoms in total. The van der Waals surface area contributed by atoms with E-state index >= 15 is 0 Å². The van der Waals surface area contributed by atoms with Gasteiger partial charge in [-0.25, -0.2) is 9.98 Å². The minimum atomic E-state index is -1.27. The Morgan fingerprint density at radius 1 is 1.39 bits per heavy atom. The average molecular weight is 449 g/mol. The highest BCUT2D eigenvalue weighted by molar-refractivity contribution is 9.10. The van der Waals surface area contributed by atoms with E-state index in [1.165, 1.54) is 20.2 Å². The van der Waals surface area contributed by atoms with Crippen LogP contribution in [-0.4, -0.2) is 40.9 Å². The highest BCUT2D eigenvalue weighted by atomic mass is 79.9. The third-order valence-electron chi connectivity index (χ3n) is 4.60. The second-order valence-corrected chi connectivity index (χ2v) is 7.49. The summed E-state index contributed by atoms with van der Waals surface area (Å²) in [5.74, 6) is -1.75. The van der Waals surface area contributed by atoms with Crippen LogP contribution in [0.5, 0.6) is 0 Å². The smallest absolute Gasteiger partial charge is 0.303 e. The number of aliphatic imine (C=N–C) groups is 1. The predicted molar refractivity (Wildman–Crippen MR) is 105 cm³/mol. The zero-order valence-corrected chi connectivity index (χ0v) is 17.0. The van der Waals surface area contributed by atoms with Crippen molar-refractivity contribution in [3.63, 3.8) is 0 Å². The molecule has 1 aliphatic rings. The monoisotopic (exact) mass is 448 g/mol. The zero-order chi connectivity index (χ0) is 20.6. The van der Waals surface area contributed by atoms with Crippen molar-refractivity contribution in [1.29, 1.82) is 0 Å². The Balaban J connectivity index is 2.16. The van der Waals surface area contributed by atoms with E-state index < -0.39 is 29.5 Å². The second-order valence-electron chi connectivity index (χ2n) is 6.58. The third kappa shape index (κ3) is 3.49. The summed E-state index contributed by atoms with van der Waals surface area (Å²) in [7, 11) is 1.45. The van der Waals surface area contributed by atoms with Gasteiger partial charge in [0.1, 0.15) is 5.54 Å². The summed E-state index contributed by atoms with van der Waals surface area (Å²) in [6, 6.07) is 8.42. The van der Waals surface area contributed by atoms with Gasteiger partial charge in [-0.15, -0.1) is 0 Å². The number of ether oxygens (including phenoxy) is 1. The number of carbonyl (C=O) groups excluding carboxylic acids is 2. The molecule has 0 fully saturated rings. The molecule has 0 bridgehead atoms. The lowest BCUT2D eigenvalue weighted by Gasteiger charge is -2.39. The first-order valence-corrected chi connectivity index (χ1v) is 9.15. The van der Waals surface area contributed by atoms with Gasteiger partial charge in [0.05, 0.1) is 0 Å². The van der Waals surface area contributed by atoms with Crippen molar-refractivity contribution in [1.82, 2.24) is 9.88 Å². The number of likely N-dealkylation sites (N-methyl/N-ethyl adjacent to an activating group) is 1. The Labute approximate surface area is 169 Å². The minimum absolute atomic E-state index is 0.00314. The molecule has 1 aromatic carbocycles. The van der Waals surface area contributed by atoms with Crippen LogP contribution in [0.3, 0.4) is 0 Å². The van der Waals surface area contributed by atoms with Gasteiger partial charge in [-0.1, -0.05) is 18.2 Å². The predicted octanol–water partition coefficient (Wildman–Crippen LogP) is 2.58. The van der Waals surface area contributed by atoms with E-state index in [4.69, 9.17) is 10.5 Å². The molecule has 2 atom stereocenters. The van der Waals surface area contributed by atoms with Gasteiger partial charge < -0.3 is 10.5 Å². The van der Waals surface area contributed by atoms with E-state index in [0.29, 0.717) is 15.6 Å². The Morgan fingerprint density at radius 3 is 2.79 bits per heavy atom. The standard InChI is InChI=1S/C19H18BrFN4O3/c1-10(26)28-15-17(27)25(3)18(22)24-19(15,2)12-6-4-5-11(7-12)14-8-13(20)9-23-16(14)21/h4-9,15H,1-3H3,(H2,22,24). The van der Waals surface area contributed by atoms with Gasteiger partial charge in [0.2, 0.25) is 12.1 Å². The maximum Gasteiger partial charge on any atom is 0.303 e. The summed E-state index contributed by atoms with van der Waals surface area (Å²) in [5.41, 5.74) is 5.99. The van der Waals surface area contributed by atoms with Gasteiger partial charge in [0.15, 0.2) is 5.96 Å². The van der Waals surface area contributed by atoms with Crippen LogP contribution in [0.15, 0.2) is 46.0 Å². The number of amides is 1. The van der Waals surface area contributed by atoms with Gasteiger partial charge in [-0.05, 0) is 46.1 Å². The fraction of sp³-hybridized carbons (Fsp3) is 0.263. The lowest BCUT2D eigenvalue weighted by Crippen LogP contribution is -2.58. The van der Waals surface area contributed by atoms with E-state index in [2.05, 4.69) is 25.9 Å². The van der Waals surface area contributed by atoms with Crippen LogP contribution < -0.4 is 5.73 Å². The molecular weight excluding hydrogens is 431 g/mol. The normalized spacial score (nSPS) is 22.0. The van der Waals surface area contributed by atoms with Gasteiger partial charge in [-0.3, -0.25) is 14.5 Å². The molecule has 2 N–H and O–H groups in total. The summed E-state index contributed by atoms with van der Waals surface area (Å²) in [4.78, 5) is 33.6. The molecule has 0 saturated heterocycles. The van der Waals surface area contributed by atoms with Gasteiger partial charge in [-0.2, -0.15) is 4.39 Å². The molecular formula is C19H18BrFN4O3. The van der Waals surface area contributed by atoms with Gasteiger partial charge in [0.25, 0.3) is 5.91 Å². The molecule has 146 valence electrons. The number of hydrogen-bond acceptors (Lipinski definition) is 6. The van der Waals surface area contributed by atoms with Crippen LogP contribution in [0.2, 0.25) is 0 Å². The lowest BCUT2D eigenvalue weighted by atomic mass is 9.83. The van der Waals surface area contributed by atoms with E-state index in [1.54, 1.807) is 37.3 Å². The highest BCUT2D eigenvalue weighted by Crippen LogP contribution is 2.37. The molecule has 2 aromatic rings. The van der Waals surface area contributed by atoms with Gasteiger partial charge in [0, 0.05) is 30.2 Å². The Morgan fingerprint density at radius 2 is 2.11 bits per heavy atom. The molecule has 9 heteroatoms. The molecule has 0 saturated carbocycles. The third-order valence-corrected chi connectivity index (χ3v) is 5.04. The topological polar surface area (TPSA) is 97.9 Å². The SMILES string of the molecule is CC(=O)OC1C(=O)N(C)C(N)=NC1(C)c1cccc(-c2cc(Br)cnc2F)c1. The van der Waals surface area contributed by atoms with Crippen molar-refractivity contribution in [3.05, 3.63) is 52.5 Å². The number of aromatic nitrogens is 1. The fourth-order valence-electron chi connectivity index (χ4n) is 3.07. The molecule has 1 aromatic heterocycles. The number of carbonyl (C=O) groups is 2. The van der Waals surface area contributed by atoms with E-state index in [-0.39, 0.29) is 11.5 Å². The highest BCUT2D eigenvalue weighted by Gasteiger charge is 2.48. The maximum atomic E-state index is 14.2. The van der Waals surface area contributed by atoms with Crippen molar-refractivity contribution in [2.75, 3.05) is 7.05 Å². The molecule has 3 rings (SSSR count). The first-order valence-electron chi connectivity index (χ1n) is 8.35. The number of guanidine groups is 1. The second kappa shape index (κ2) is 7.31. The number of esters is 1. The molecule has 0 aliphatic carbocycles. The number of nitrogens with zero attached hydrogens (tertiary/aromatic N) is 3. The Kier molecular flexibility index (Phi) is 5.20. The van der Waals surface area contributed by atoms with Crippen LogP contribution in [0.4, 0.5) is 4.39 Å². The van der Waals surface area contributed by atoms with Crippen LogP contribution in [0.1, 0.15) is 19.4 Å². The van der Waals surface area contributed by atoms with E-state index in [0.717, 1.165) is 4.90 Å². The van der Waals surface area contributed by atoms with E-state index in [9.17, 15) is 14.0 Å². The van der Waals surface area contributed by atoms with Crippen molar-refractivity contribution in [3.8, 4) is 11.1 Å². The Hall–Kier alpha value is -2.81. The molecule has 2 unspecified atom stereocenters. The first kappa shape index (κ1) is 19.9. The summed E-state index contributed by atoms with van der Waals surface area (Å²) in [5, 5.41) is 0. The van der Waals surface area contributed by atoms with Crippen molar-refractivity contribution in [2.45, 2.75) is 25.5 Å². The largest absolute Gasteiger partial charge is 0.449 e. The van der Waals surface area contributed by atoms with Crippen molar-refractivity contribution in [2.24, 2.45) is 10.7 Å². The van der Waals surface area contributed by atoms with Crippen LogP contribution in [-0.2, 0) is 19.9 Å². The van der Waals surface area contributed by atoms with Crippen molar-refractivity contribution >= 4 is 33.8 Å². The molecule has 1 aliphatic heterocycles.